The minimum Gasteiger partial charge on any atom is -0.404 e. The van der Waals surface area contributed by atoms with Crippen LogP contribution in [0.5, 0.6) is 0 Å². The second-order valence-electron chi connectivity index (χ2n) is 10.1. The summed E-state index contributed by atoms with van der Waals surface area (Å²) in [6, 6.07) is 21.4. The van der Waals surface area contributed by atoms with Crippen LogP contribution in [0.4, 0.5) is 0 Å². The fourth-order valence-corrected chi connectivity index (χ4v) is 10.5. The Hall–Kier alpha value is -1.76. The van der Waals surface area contributed by atoms with Gasteiger partial charge in [0, 0.05) is 26.6 Å². The van der Waals surface area contributed by atoms with Gasteiger partial charge >= 0.3 is 0 Å². The van der Waals surface area contributed by atoms with Gasteiger partial charge in [-0.1, -0.05) is 87.5 Å². The van der Waals surface area contributed by atoms with E-state index in [0.717, 1.165) is 0 Å². The molecule has 5 heteroatoms. The number of hydrogen-bond acceptors (Lipinski definition) is 4. The Morgan fingerprint density at radius 2 is 1.44 bits per heavy atom. The summed E-state index contributed by atoms with van der Waals surface area (Å²) in [4.78, 5) is 0. The Morgan fingerprint density at radius 1 is 0.906 bits per heavy atom. The molecule has 0 amide bonds. The molecule has 0 unspecified atom stereocenters. The van der Waals surface area contributed by atoms with Crippen molar-refractivity contribution in [2.75, 3.05) is 14.2 Å². The van der Waals surface area contributed by atoms with Crippen LogP contribution in [0.3, 0.4) is 0 Å². The first kappa shape index (κ1) is 23.4. The highest BCUT2D eigenvalue weighted by Crippen LogP contribution is 2.48. The van der Waals surface area contributed by atoms with Crippen molar-refractivity contribution in [1.29, 1.82) is 0 Å². The molecule has 0 spiro atoms. The third kappa shape index (κ3) is 3.91. The molecule has 1 saturated carbocycles. The maximum atomic E-state index is 11.0. The van der Waals surface area contributed by atoms with Crippen LogP contribution in [0.1, 0.15) is 33.6 Å². The summed E-state index contributed by atoms with van der Waals surface area (Å²) in [6.45, 7) is 6.87. The lowest BCUT2D eigenvalue weighted by molar-refractivity contribution is -0.190. The first-order valence-corrected chi connectivity index (χ1v) is 13.4. The third-order valence-corrected chi connectivity index (χ3v) is 12.5. The summed E-state index contributed by atoms with van der Waals surface area (Å²) >= 11 is 0. The maximum Gasteiger partial charge on any atom is 0.261 e. The zero-order valence-electron chi connectivity index (χ0n) is 19.8. The fourth-order valence-electron chi connectivity index (χ4n) is 5.74. The lowest BCUT2D eigenvalue weighted by Crippen LogP contribution is -2.68. The van der Waals surface area contributed by atoms with E-state index in [1.165, 1.54) is 10.4 Å². The van der Waals surface area contributed by atoms with Crippen molar-refractivity contribution in [3.05, 3.63) is 72.8 Å². The van der Waals surface area contributed by atoms with Crippen molar-refractivity contribution in [3.8, 4) is 0 Å². The quantitative estimate of drug-likeness (QED) is 0.411. The molecule has 2 aromatic carbocycles. The van der Waals surface area contributed by atoms with Crippen molar-refractivity contribution in [2.45, 2.75) is 56.6 Å². The summed E-state index contributed by atoms with van der Waals surface area (Å²) < 4.78 is 18.9. The van der Waals surface area contributed by atoms with Gasteiger partial charge in [-0.25, -0.2) is 0 Å². The zero-order valence-corrected chi connectivity index (χ0v) is 20.8. The SMILES string of the molecule is COC1(OC)C=C[C@@H]2[C@H](C1)[C@@H](O[Si](c1ccccc1)(c1ccccc1)C(C)(C)C)C[C@@H]2O. The van der Waals surface area contributed by atoms with Gasteiger partial charge in [-0.2, -0.15) is 0 Å². The van der Waals surface area contributed by atoms with Crippen molar-refractivity contribution >= 4 is 18.7 Å². The zero-order chi connectivity index (χ0) is 23.0. The van der Waals surface area contributed by atoms with Crippen LogP contribution in [-0.4, -0.2) is 45.6 Å². The van der Waals surface area contributed by atoms with E-state index in [9.17, 15) is 5.11 Å². The highest BCUT2D eigenvalue weighted by atomic mass is 28.4. The van der Waals surface area contributed by atoms with Gasteiger partial charge in [-0.3, -0.25) is 0 Å². The van der Waals surface area contributed by atoms with Crippen LogP contribution in [0, 0.1) is 11.8 Å². The van der Waals surface area contributed by atoms with Gasteiger partial charge in [0.1, 0.15) is 0 Å². The fraction of sp³-hybridized carbons (Fsp3) is 0.481. The second-order valence-corrected chi connectivity index (χ2v) is 14.4. The molecule has 4 rings (SSSR count). The largest absolute Gasteiger partial charge is 0.404 e. The Labute approximate surface area is 193 Å². The molecule has 1 N–H and O–H groups in total. The molecule has 4 atom stereocenters. The Balaban J connectivity index is 1.81. The molecular weight excluding hydrogens is 416 g/mol. The first-order chi connectivity index (χ1) is 15.3. The van der Waals surface area contributed by atoms with Crippen LogP contribution >= 0.6 is 0 Å². The molecule has 4 nitrogen and oxygen atoms in total. The highest BCUT2D eigenvalue weighted by Gasteiger charge is 2.56. The summed E-state index contributed by atoms with van der Waals surface area (Å²) in [5, 5.41) is 13.4. The van der Waals surface area contributed by atoms with Gasteiger partial charge in [-0.15, -0.1) is 0 Å². The minimum absolute atomic E-state index is 0.0524. The van der Waals surface area contributed by atoms with E-state index in [2.05, 4.69) is 87.5 Å². The average molecular weight is 453 g/mol. The van der Waals surface area contributed by atoms with Crippen LogP contribution in [0.15, 0.2) is 72.8 Å². The van der Waals surface area contributed by atoms with E-state index in [1.807, 2.05) is 6.08 Å². The normalized spacial score (nSPS) is 27.3. The Bertz CT molecular complexity index is 878. The minimum atomic E-state index is -2.70. The molecule has 0 aliphatic heterocycles. The molecule has 0 bridgehead atoms. The number of ether oxygens (including phenoxy) is 2. The monoisotopic (exact) mass is 452 g/mol. The van der Waals surface area contributed by atoms with Crippen LogP contribution in [0.2, 0.25) is 5.04 Å². The standard InChI is InChI=1S/C27H36O4Si/c1-26(2,3)32(20-12-8-6-9-13-20,21-14-10-7-11-15-21)31-25-18-24(28)22-16-17-27(29-4,30-5)19-23(22)25/h6-17,22-25,28H,18-19H2,1-5H3/t22-,23+,24+,25+/m1/s1. The second kappa shape index (κ2) is 8.88. The number of aliphatic hydroxyl groups excluding tert-OH is 1. The van der Waals surface area contributed by atoms with Crippen LogP contribution in [-0.2, 0) is 13.9 Å². The highest BCUT2D eigenvalue weighted by molar-refractivity contribution is 6.99. The van der Waals surface area contributed by atoms with Gasteiger partial charge in [0.25, 0.3) is 8.32 Å². The number of rotatable bonds is 6. The van der Waals surface area contributed by atoms with Crippen molar-refractivity contribution in [3.63, 3.8) is 0 Å². The van der Waals surface area contributed by atoms with E-state index in [-0.39, 0.29) is 23.0 Å². The maximum absolute atomic E-state index is 11.0. The van der Waals surface area contributed by atoms with Crippen LogP contribution < -0.4 is 10.4 Å². The summed E-state index contributed by atoms with van der Waals surface area (Å²) in [6.07, 6.45) is 4.81. The van der Waals surface area contributed by atoms with Crippen molar-refractivity contribution in [1.82, 2.24) is 0 Å². The molecule has 0 radical (unpaired) electrons. The van der Waals surface area contributed by atoms with Crippen molar-refractivity contribution < 1.29 is 19.0 Å². The predicted octanol–water partition coefficient (Wildman–Crippen LogP) is 3.88. The average Bonchev–Trinajstić information content (AvgIpc) is 3.11. The summed E-state index contributed by atoms with van der Waals surface area (Å²) in [7, 11) is 0.652. The van der Waals surface area contributed by atoms with E-state index in [0.29, 0.717) is 12.8 Å². The number of hydrogen-bond donors (Lipinski definition) is 1. The number of benzene rings is 2. The molecule has 0 saturated heterocycles. The van der Waals surface area contributed by atoms with Gasteiger partial charge in [0.15, 0.2) is 5.79 Å². The molecule has 1 fully saturated rings. The molecule has 2 aliphatic rings. The van der Waals surface area contributed by atoms with Crippen LogP contribution in [0.25, 0.3) is 0 Å². The molecule has 2 aliphatic carbocycles. The van der Waals surface area contributed by atoms with Gasteiger partial charge in [0.2, 0.25) is 0 Å². The molecular formula is C27H36O4Si. The Kier molecular flexibility index (Phi) is 6.49. The Morgan fingerprint density at radius 3 is 1.91 bits per heavy atom. The predicted molar refractivity (Wildman–Crippen MR) is 131 cm³/mol. The molecule has 172 valence electrons. The number of aliphatic hydroxyl groups is 1. The van der Waals surface area contributed by atoms with Gasteiger partial charge in [-0.05, 0) is 33.8 Å². The molecule has 0 heterocycles. The van der Waals surface area contributed by atoms with E-state index >= 15 is 0 Å². The van der Waals surface area contributed by atoms with E-state index < -0.39 is 20.2 Å². The number of methoxy groups -OCH3 is 2. The first-order valence-electron chi connectivity index (χ1n) is 11.5. The van der Waals surface area contributed by atoms with Gasteiger partial charge in [0.05, 0.1) is 12.2 Å². The van der Waals surface area contributed by atoms with E-state index in [4.69, 9.17) is 13.9 Å². The lowest BCUT2D eigenvalue weighted by Gasteiger charge is -2.46. The number of fused-ring (bicyclic) bond motifs is 1. The third-order valence-electron chi connectivity index (χ3n) is 7.42. The molecule has 2 aromatic rings. The van der Waals surface area contributed by atoms with E-state index in [1.54, 1.807) is 14.2 Å². The van der Waals surface area contributed by atoms with Gasteiger partial charge < -0.3 is 19.0 Å². The summed E-state index contributed by atoms with van der Waals surface area (Å²) in [5.74, 6) is -0.591. The topological polar surface area (TPSA) is 47.9 Å². The summed E-state index contributed by atoms with van der Waals surface area (Å²) in [5.41, 5.74) is 0. The van der Waals surface area contributed by atoms with Crippen molar-refractivity contribution in [2.24, 2.45) is 11.8 Å². The molecule has 32 heavy (non-hydrogen) atoms. The smallest absolute Gasteiger partial charge is 0.261 e. The molecule has 0 aromatic heterocycles. The lowest BCUT2D eigenvalue weighted by atomic mass is 9.82.